The third-order valence-corrected chi connectivity index (χ3v) is 7.19. The molecule has 0 saturated carbocycles. The van der Waals surface area contributed by atoms with Gasteiger partial charge in [-0.3, -0.25) is 0 Å². The summed E-state index contributed by atoms with van der Waals surface area (Å²) in [6.45, 7) is 4.79. The highest BCUT2D eigenvalue weighted by atomic mass is 79.9. The lowest BCUT2D eigenvalue weighted by Gasteiger charge is -2.22. The van der Waals surface area contributed by atoms with Gasteiger partial charge < -0.3 is 5.32 Å². The fraction of sp³-hybridized carbons (Fsp3) is 0.538. The first kappa shape index (κ1) is 16.2. The van der Waals surface area contributed by atoms with E-state index in [4.69, 9.17) is 0 Å². The summed E-state index contributed by atoms with van der Waals surface area (Å²) in [5, 5.41) is 3.29. The van der Waals surface area contributed by atoms with E-state index in [1.165, 1.54) is 15.6 Å². The fourth-order valence-electron chi connectivity index (χ4n) is 2.03. The van der Waals surface area contributed by atoms with Gasteiger partial charge in [0.05, 0.1) is 3.79 Å². The van der Waals surface area contributed by atoms with Gasteiger partial charge in [0.1, 0.15) is 4.90 Å². The van der Waals surface area contributed by atoms with Crippen molar-refractivity contribution in [3.8, 4) is 0 Å². The van der Waals surface area contributed by atoms with Crippen LogP contribution in [0.1, 0.15) is 24.6 Å². The van der Waals surface area contributed by atoms with E-state index >= 15 is 0 Å². The third-order valence-electron chi connectivity index (χ3n) is 3.07. The lowest BCUT2D eigenvalue weighted by molar-refractivity contribution is 0.437. The Hall–Kier alpha value is -0.210. The van der Waals surface area contributed by atoms with E-state index in [0.29, 0.717) is 28.3 Å². The Kier molecular flexibility index (Phi) is 5.80. The lowest BCUT2D eigenvalue weighted by atomic mass is 10.3. The van der Waals surface area contributed by atoms with Crippen molar-refractivity contribution in [3.63, 3.8) is 0 Å². The molecule has 0 spiro atoms. The molecule has 1 aliphatic heterocycles. The maximum Gasteiger partial charge on any atom is 0.245 e. The van der Waals surface area contributed by atoms with Gasteiger partial charge >= 0.3 is 0 Å². The van der Waals surface area contributed by atoms with Crippen LogP contribution in [-0.4, -0.2) is 32.4 Å². The molecular formula is C13H19BrN2O2S2. The quantitative estimate of drug-likeness (QED) is 0.611. The Bertz CT molecular complexity index is 581. The van der Waals surface area contributed by atoms with Gasteiger partial charge in [-0.2, -0.15) is 4.31 Å². The Morgan fingerprint density at radius 1 is 1.45 bits per heavy atom. The van der Waals surface area contributed by atoms with E-state index in [9.17, 15) is 8.42 Å². The normalized spacial score (nSPS) is 16.7. The van der Waals surface area contributed by atoms with Crippen molar-refractivity contribution in [2.24, 2.45) is 0 Å². The standard InChI is InChI=1S/C13H19BrN2O2S2/c1-2-6-15-10-11-9-12(13(14)19-11)20(17,18)16-7-4-3-5-8-16/h3-4,9,15H,2,5-8,10H2,1H3. The second-order valence-electron chi connectivity index (χ2n) is 4.65. The van der Waals surface area contributed by atoms with Crippen molar-refractivity contribution < 1.29 is 8.42 Å². The molecule has 0 radical (unpaired) electrons. The van der Waals surface area contributed by atoms with Crippen LogP contribution in [0.5, 0.6) is 0 Å². The zero-order chi connectivity index (χ0) is 14.6. The van der Waals surface area contributed by atoms with Crippen molar-refractivity contribution in [1.29, 1.82) is 0 Å². The number of sulfonamides is 1. The van der Waals surface area contributed by atoms with E-state index in [-0.39, 0.29) is 0 Å². The SMILES string of the molecule is CCCNCc1cc(S(=O)(=O)N2CC=CCC2)c(Br)s1. The van der Waals surface area contributed by atoms with Gasteiger partial charge in [-0.25, -0.2) is 8.42 Å². The molecule has 0 saturated heterocycles. The highest BCUT2D eigenvalue weighted by molar-refractivity contribution is 9.11. The summed E-state index contributed by atoms with van der Waals surface area (Å²) in [6, 6.07) is 1.78. The molecule has 4 nitrogen and oxygen atoms in total. The molecule has 112 valence electrons. The molecule has 1 aliphatic rings. The van der Waals surface area contributed by atoms with Crippen molar-refractivity contribution >= 4 is 37.3 Å². The Morgan fingerprint density at radius 3 is 2.90 bits per heavy atom. The number of halogens is 1. The zero-order valence-electron chi connectivity index (χ0n) is 11.4. The largest absolute Gasteiger partial charge is 0.312 e. The molecule has 1 N–H and O–H groups in total. The second kappa shape index (κ2) is 7.17. The highest BCUT2D eigenvalue weighted by Gasteiger charge is 2.28. The predicted molar refractivity (Wildman–Crippen MR) is 86.5 cm³/mol. The van der Waals surface area contributed by atoms with Gasteiger partial charge in [0, 0.05) is 24.5 Å². The molecule has 0 unspecified atom stereocenters. The topological polar surface area (TPSA) is 49.4 Å². The number of thiophene rings is 1. The molecule has 0 fully saturated rings. The molecule has 2 heterocycles. The first-order chi connectivity index (χ1) is 9.55. The molecular weight excluding hydrogens is 360 g/mol. The van der Waals surface area contributed by atoms with Crippen molar-refractivity contribution in [1.82, 2.24) is 9.62 Å². The number of hydrogen-bond donors (Lipinski definition) is 1. The Morgan fingerprint density at radius 2 is 2.25 bits per heavy atom. The van der Waals surface area contributed by atoms with Crippen LogP contribution in [0, 0.1) is 0 Å². The van der Waals surface area contributed by atoms with Crippen molar-refractivity contribution in [2.45, 2.75) is 31.2 Å². The molecule has 0 atom stereocenters. The van der Waals surface area contributed by atoms with E-state index in [1.807, 2.05) is 12.2 Å². The predicted octanol–water partition coefficient (Wildman–Crippen LogP) is 2.96. The van der Waals surface area contributed by atoms with Crippen LogP contribution in [0.3, 0.4) is 0 Å². The minimum absolute atomic E-state index is 0.395. The minimum Gasteiger partial charge on any atom is -0.312 e. The fourth-order valence-corrected chi connectivity index (χ4v) is 6.03. The summed E-state index contributed by atoms with van der Waals surface area (Å²) in [5.41, 5.74) is 0. The van der Waals surface area contributed by atoms with Gasteiger partial charge in [-0.15, -0.1) is 11.3 Å². The minimum atomic E-state index is -3.38. The summed E-state index contributed by atoms with van der Waals surface area (Å²) in [4.78, 5) is 1.43. The monoisotopic (exact) mass is 378 g/mol. The van der Waals surface area contributed by atoms with E-state index in [0.717, 1.165) is 24.3 Å². The third kappa shape index (κ3) is 3.71. The van der Waals surface area contributed by atoms with E-state index < -0.39 is 10.0 Å². The molecule has 1 aromatic rings. The molecule has 0 amide bonds. The van der Waals surface area contributed by atoms with Crippen LogP contribution < -0.4 is 5.32 Å². The van der Waals surface area contributed by atoms with Crippen LogP contribution in [0.25, 0.3) is 0 Å². The van der Waals surface area contributed by atoms with E-state index in [1.54, 1.807) is 6.07 Å². The summed E-state index contributed by atoms with van der Waals surface area (Å²) in [5.74, 6) is 0. The summed E-state index contributed by atoms with van der Waals surface area (Å²) in [6.07, 6.45) is 5.78. The lowest BCUT2D eigenvalue weighted by Crippen LogP contribution is -2.33. The second-order valence-corrected chi connectivity index (χ2v) is 9.01. The molecule has 0 aromatic carbocycles. The Labute approximate surface area is 133 Å². The van der Waals surface area contributed by atoms with Gasteiger partial charge in [-0.05, 0) is 41.4 Å². The summed E-state index contributed by atoms with van der Waals surface area (Å²) >= 11 is 4.88. The van der Waals surface area contributed by atoms with Crippen LogP contribution in [0.2, 0.25) is 0 Å². The summed E-state index contributed by atoms with van der Waals surface area (Å²) in [7, 11) is -3.38. The molecule has 1 aromatic heterocycles. The number of hydrogen-bond acceptors (Lipinski definition) is 4. The first-order valence-corrected chi connectivity index (χ1v) is 9.74. The molecule has 0 bridgehead atoms. The average molecular weight is 379 g/mol. The van der Waals surface area contributed by atoms with Crippen LogP contribution >= 0.6 is 27.3 Å². The molecule has 20 heavy (non-hydrogen) atoms. The van der Waals surface area contributed by atoms with Crippen LogP contribution in [-0.2, 0) is 16.6 Å². The van der Waals surface area contributed by atoms with Crippen LogP contribution in [0.15, 0.2) is 26.9 Å². The number of nitrogens with zero attached hydrogens (tertiary/aromatic N) is 1. The molecule has 2 rings (SSSR count). The number of rotatable bonds is 6. The van der Waals surface area contributed by atoms with Gasteiger partial charge in [-0.1, -0.05) is 19.1 Å². The maximum atomic E-state index is 12.6. The first-order valence-electron chi connectivity index (χ1n) is 6.69. The number of nitrogens with one attached hydrogen (secondary N) is 1. The molecule has 0 aliphatic carbocycles. The Balaban J connectivity index is 2.16. The molecule has 7 heteroatoms. The maximum absolute atomic E-state index is 12.6. The van der Waals surface area contributed by atoms with E-state index in [2.05, 4.69) is 28.2 Å². The van der Waals surface area contributed by atoms with Gasteiger partial charge in [0.25, 0.3) is 0 Å². The zero-order valence-corrected chi connectivity index (χ0v) is 14.7. The van der Waals surface area contributed by atoms with Gasteiger partial charge in [0.2, 0.25) is 10.0 Å². The van der Waals surface area contributed by atoms with Crippen molar-refractivity contribution in [2.75, 3.05) is 19.6 Å². The average Bonchev–Trinajstić information content (AvgIpc) is 2.82. The van der Waals surface area contributed by atoms with Gasteiger partial charge in [0.15, 0.2) is 0 Å². The smallest absolute Gasteiger partial charge is 0.245 e. The van der Waals surface area contributed by atoms with Crippen LogP contribution in [0.4, 0.5) is 0 Å². The van der Waals surface area contributed by atoms with Crippen molar-refractivity contribution in [3.05, 3.63) is 26.9 Å². The highest BCUT2D eigenvalue weighted by Crippen LogP contribution is 2.34. The summed E-state index contributed by atoms with van der Waals surface area (Å²) < 4.78 is 27.4.